The molecule has 0 amide bonds. The van der Waals surface area contributed by atoms with E-state index >= 15 is 0 Å². The van der Waals surface area contributed by atoms with Crippen LogP contribution in [0, 0.1) is 5.92 Å². The Morgan fingerprint density at radius 1 is 1.43 bits per heavy atom. The third-order valence-corrected chi connectivity index (χ3v) is 4.71. The highest BCUT2D eigenvalue weighted by molar-refractivity contribution is 5.79. The number of fused-ring (bicyclic) bond motifs is 3. The minimum Gasteiger partial charge on any atom is -0.426 e. The van der Waals surface area contributed by atoms with Crippen LogP contribution in [-0.4, -0.2) is 38.9 Å². The summed E-state index contributed by atoms with van der Waals surface area (Å²) in [5.74, 6) is -0.369. The highest BCUT2D eigenvalue weighted by atomic mass is 16.5. The maximum atomic E-state index is 12.2. The Labute approximate surface area is 123 Å². The summed E-state index contributed by atoms with van der Waals surface area (Å²) in [6, 6.07) is 6.77. The molecule has 0 bridgehead atoms. The quantitative estimate of drug-likeness (QED) is 0.206. The molecule has 2 aliphatic rings. The summed E-state index contributed by atoms with van der Waals surface area (Å²) in [4.78, 5) is 12.2. The number of carbonyl (C=O) groups excluding carboxylic acids is 1. The highest BCUT2D eigenvalue weighted by Crippen LogP contribution is 2.49. The minimum absolute atomic E-state index is 0.274. The van der Waals surface area contributed by atoms with Gasteiger partial charge in [0.1, 0.15) is 11.4 Å². The second-order valence-corrected chi connectivity index (χ2v) is 6.07. The predicted molar refractivity (Wildman–Crippen MR) is 75.7 cm³/mol. The van der Waals surface area contributed by atoms with Crippen molar-refractivity contribution in [3.05, 3.63) is 29.8 Å². The number of benzene rings is 1. The van der Waals surface area contributed by atoms with Crippen molar-refractivity contribution in [3.63, 3.8) is 0 Å². The summed E-state index contributed by atoms with van der Waals surface area (Å²) < 4.78 is 6.43. The number of hydroxylamine groups is 1. The summed E-state index contributed by atoms with van der Waals surface area (Å²) in [6.45, 7) is 3.41. The summed E-state index contributed by atoms with van der Waals surface area (Å²) >= 11 is 0. The average Bonchev–Trinajstić information content (AvgIpc) is 2.45. The normalized spacial score (nSPS) is 35.7. The van der Waals surface area contributed by atoms with E-state index in [1.807, 2.05) is 18.2 Å². The fraction of sp³-hybridized carbons (Fsp3) is 0.500. The molecule has 5 nitrogen and oxygen atoms in total. The number of para-hydroxylation sites is 1. The van der Waals surface area contributed by atoms with Crippen LogP contribution in [0.3, 0.4) is 0 Å². The van der Waals surface area contributed by atoms with Crippen molar-refractivity contribution in [2.45, 2.75) is 44.2 Å². The van der Waals surface area contributed by atoms with Crippen LogP contribution in [0.1, 0.15) is 38.2 Å². The van der Waals surface area contributed by atoms with E-state index < -0.39 is 11.6 Å². The van der Waals surface area contributed by atoms with Gasteiger partial charge in [-0.05, 0) is 30.6 Å². The largest absolute Gasteiger partial charge is 0.426 e. The standard InChI is InChI=1S/C16H20NO4/c1-3-17(20)14-13-10-6-4-5-7-12(10)21-15(18)11(13)8-9-16(14,2)19/h3-7,11,13-14,19-20H,8-9H2,1-2H3/q+1/b17-3-/t11-,13-,14+,16-/m1/s1. The first-order valence-corrected chi connectivity index (χ1v) is 7.25. The molecule has 0 aromatic heterocycles. The lowest BCUT2D eigenvalue weighted by Crippen LogP contribution is -2.57. The molecule has 0 unspecified atom stereocenters. The number of rotatable bonds is 1. The van der Waals surface area contributed by atoms with E-state index in [2.05, 4.69) is 0 Å². The second-order valence-electron chi connectivity index (χ2n) is 6.07. The molecule has 1 fully saturated rings. The summed E-state index contributed by atoms with van der Waals surface area (Å²) in [5.41, 5.74) is -0.208. The first-order valence-electron chi connectivity index (χ1n) is 7.25. The number of hydrogen-bond donors (Lipinski definition) is 2. The molecular formula is C16H20NO4+. The van der Waals surface area contributed by atoms with Gasteiger partial charge in [-0.2, -0.15) is 0 Å². The van der Waals surface area contributed by atoms with Crippen LogP contribution in [0.5, 0.6) is 5.75 Å². The molecule has 1 heterocycles. The number of aliphatic hydroxyl groups is 1. The number of carbonyl (C=O) groups is 1. The number of nitrogens with zero attached hydrogens (tertiary/aromatic N) is 1. The lowest BCUT2D eigenvalue weighted by Gasteiger charge is -2.43. The molecule has 2 N–H and O–H groups in total. The molecule has 0 spiro atoms. The van der Waals surface area contributed by atoms with E-state index in [-0.39, 0.29) is 17.8 Å². The Bertz CT molecular complexity index is 608. The molecule has 1 aromatic carbocycles. The smallest absolute Gasteiger partial charge is 0.315 e. The van der Waals surface area contributed by atoms with Crippen molar-refractivity contribution in [2.24, 2.45) is 5.92 Å². The zero-order valence-electron chi connectivity index (χ0n) is 12.2. The SMILES string of the molecule is C/C=[N+](\O)[C@H]1[C@@H]2c3ccccc3OC(=O)[C@@H]2CC[C@@]1(C)O. The number of ether oxygens (including phenoxy) is 1. The molecule has 1 aliphatic carbocycles. The molecule has 1 aromatic rings. The molecule has 1 saturated carbocycles. The Morgan fingerprint density at radius 2 is 2.14 bits per heavy atom. The van der Waals surface area contributed by atoms with Gasteiger partial charge in [-0.15, -0.1) is 0 Å². The Hall–Kier alpha value is -1.88. The van der Waals surface area contributed by atoms with Gasteiger partial charge in [0.05, 0.1) is 11.8 Å². The van der Waals surface area contributed by atoms with Crippen molar-refractivity contribution in [1.29, 1.82) is 0 Å². The van der Waals surface area contributed by atoms with Crippen LogP contribution in [0.25, 0.3) is 0 Å². The summed E-state index contributed by atoms with van der Waals surface area (Å²) in [6.07, 6.45) is 2.52. The lowest BCUT2D eigenvalue weighted by molar-refractivity contribution is -0.808. The zero-order valence-corrected chi connectivity index (χ0v) is 12.2. The van der Waals surface area contributed by atoms with Gasteiger partial charge in [0, 0.05) is 12.5 Å². The lowest BCUT2D eigenvalue weighted by atomic mass is 9.65. The van der Waals surface area contributed by atoms with Gasteiger partial charge in [0.15, 0.2) is 6.21 Å². The van der Waals surface area contributed by atoms with Crippen LogP contribution in [0.4, 0.5) is 0 Å². The predicted octanol–water partition coefficient (Wildman–Crippen LogP) is 1.71. The van der Waals surface area contributed by atoms with E-state index in [4.69, 9.17) is 4.74 Å². The van der Waals surface area contributed by atoms with Gasteiger partial charge in [0.2, 0.25) is 6.04 Å². The fourth-order valence-corrected chi connectivity index (χ4v) is 3.68. The van der Waals surface area contributed by atoms with Gasteiger partial charge in [-0.25, -0.2) is 0 Å². The van der Waals surface area contributed by atoms with Crippen molar-refractivity contribution < 1.29 is 24.6 Å². The topological polar surface area (TPSA) is 69.8 Å². The number of hydrogen-bond acceptors (Lipinski definition) is 4. The van der Waals surface area contributed by atoms with Crippen LogP contribution >= 0.6 is 0 Å². The first-order chi connectivity index (χ1) is 9.95. The van der Waals surface area contributed by atoms with E-state index in [9.17, 15) is 15.1 Å². The van der Waals surface area contributed by atoms with E-state index in [1.54, 1.807) is 19.9 Å². The maximum absolute atomic E-state index is 12.2. The highest BCUT2D eigenvalue weighted by Gasteiger charge is 2.58. The zero-order chi connectivity index (χ0) is 15.2. The van der Waals surface area contributed by atoms with E-state index in [1.165, 1.54) is 6.21 Å². The summed E-state index contributed by atoms with van der Waals surface area (Å²) in [7, 11) is 0. The molecule has 5 heteroatoms. The molecule has 0 saturated heterocycles. The van der Waals surface area contributed by atoms with E-state index in [0.29, 0.717) is 18.6 Å². The molecule has 3 rings (SSSR count). The summed E-state index contributed by atoms with van der Waals surface area (Å²) in [5, 5.41) is 20.9. The van der Waals surface area contributed by atoms with Crippen LogP contribution < -0.4 is 4.74 Å². The van der Waals surface area contributed by atoms with Crippen molar-refractivity contribution in [3.8, 4) is 5.75 Å². The van der Waals surface area contributed by atoms with Crippen molar-refractivity contribution in [1.82, 2.24) is 0 Å². The Morgan fingerprint density at radius 3 is 2.86 bits per heavy atom. The Balaban J connectivity index is 2.16. The van der Waals surface area contributed by atoms with Crippen molar-refractivity contribution >= 4 is 12.2 Å². The average molecular weight is 290 g/mol. The third-order valence-electron chi connectivity index (χ3n) is 4.71. The molecule has 112 valence electrons. The van der Waals surface area contributed by atoms with E-state index in [0.717, 1.165) is 10.3 Å². The maximum Gasteiger partial charge on any atom is 0.315 e. The van der Waals surface area contributed by atoms with Crippen LogP contribution in [-0.2, 0) is 4.79 Å². The van der Waals surface area contributed by atoms with Crippen molar-refractivity contribution in [2.75, 3.05) is 0 Å². The molecule has 1 aliphatic heterocycles. The monoisotopic (exact) mass is 290 g/mol. The van der Waals surface area contributed by atoms with Gasteiger partial charge >= 0.3 is 5.97 Å². The number of esters is 1. The second kappa shape index (κ2) is 4.84. The van der Waals surface area contributed by atoms with Gasteiger partial charge in [0.25, 0.3) is 0 Å². The Kier molecular flexibility index (Phi) is 3.24. The van der Waals surface area contributed by atoms with Gasteiger partial charge in [-0.3, -0.25) is 10.0 Å². The molecule has 4 atom stereocenters. The van der Waals surface area contributed by atoms with Gasteiger partial charge < -0.3 is 9.84 Å². The fourth-order valence-electron chi connectivity index (χ4n) is 3.68. The molecule has 21 heavy (non-hydrogen) atoms. The molecular weight excluding hydrogens is 270 g/mol. The third kappa shape index (κ3) is 2.12. The first kappa shape index (κ1) is 14.1. The minimum atomic E-state index is -1.08. The van der Waals surface area contributed by atoms with Crippen LogP contribution in [0.2, 0.25) is 0 Å². The van der Waals surface area contributed by atoms with Gasteiger partial charge in [-0.1, -0.05) is 18.2 Å². The van der Waals surface area contributed by atoms with Crippen LogP contribution in [0.15, 0.2) is 24.3 Å². The molecule has 0 radical (unpaired) electrons.